The van der Waals surface area contributed by atoms with Gasteiger partial charge in [0.25, 0.3) is 0 Å². The molecule has 0 heterocycles. The van der Waals surface area contributed by atoms with Gasteiger partial charge in [0.1, 0.15) is 18.5 Å². The van der Waals surface area contributed by atoms with Crippen LogP contribution in [0.15, 0.2) is 47.5 Å². The van der Waals surface area contributed by atoms with Crippen molar-refractivity contribution in [3.8, 4) is 17.2 Å². The number of nitrogens with one attached hydrogen (secondary N) is 2. The maximum Gasteiger partial charge on any atom is 0.191 e. The molecule has 0 amide bonds. The van der Waals surface area contributed by atoms with Gasteiger partial charge in [-0.1, -0.05) is 18.2 Å². The van der Waals surface area contributed by atoms with E-state index in [0.29, 0.717) is 24.6 Å². The van der Waals surface area contributed by atoms with Crippen LogP contribution in [-0.4, -0.2) is 50.6 Å². The van der Waals surface area contributed by atoms with Crippen molar-refractivity contribution in [2.45, 2.75) is 33.4 Å². The van der Waals surface area contributed by atoms with Crippen molar-refractivity contribution in [2.75, 3.05) is 33.4 Å². The van der Waals surface area contributed by atoms with Crippen molar-refractivity contribution in [3.63, 3.8) is 0 Å². The number of guanidine groups is 1. The smallest absolute Gasteiger partial charge is 0.191 e. The third-order valence-corrected chi connectivity index (χ3v) is 4.22. The summed E-state index contributed by atoms with van der Waals surface area (Å²) in [4.78, 5) is 4.65. The van der Waals surface area contributed by atoms with E-state index in [-0.39, 0.29) is 43.3 Å². The van der Waals surface area contributed by atoms with Gasteiger partial charge in [0.2, 0.25) is 0 Å². The summed E-state index contributed by atoms with van der Waals surface area (Å²) in [6, 6.07) is 13.7. The van der Waals surface area contributed by atoms with Crippen LogP contribution in [0.3, 0.4) is 0 Å². The lowest BCUT2D eigenvalue weighted by molar-refractivity contribution is 0.196. The number of aliphatic hydroxyl groups is 1. The van der Waals surface area contributed by atoms with Crippen LogP contribution in [0.2, 0.25) is 0 Å². The monoisotopic (exact) mass is 543 g/mol. The van der Waals surface area contributed by atoms with Crippen LogP contribution >= 0.6 is 24.0 Å². The molecule has 172 valence electrons. The van der Waals surface area contributed by atoms with Crippen molar-refractivity contribution >= 4 is 29.9 Å². The standard InChI is InChI=1S/C23H33N3O4.HI/c1-5-24-23(25-15-18(3)30-20-8-6-7-17(2)13-20)26-16-19-9-10-21(29-12-11-27)22(14-19)28-4;/h6-10,13-14,18,27H,5,11-12,15-16H2,1-4H3,(H2,24,25,26);1H. The van der Waals surface area contributed by atoms with E-state index in [9.17, 15) is 0 Å². The number of nitrogens with zero attached hydrogens (tertiary/aromatic N) is 1. The minimum atomic E-state index is -0.0427. The van der Waals surface area contributed by atoms with Crippen LogP contribution < -0.4 is 24.8 Å². The number of methoxy groups -OCH3 is 1. The Morgan fingerprint density at radius 1 is 1.13 bits per heavy atom. The van der Waals surface area contributed by atoms with Crippen LogP contribution in [0.1, 0.15) is 25.0 Å². The second-order valence-electron chi connectivity index (χ2n) is 6.88. The van der Waals surface area contributed by atoms with Crippen molar-refractivity contribution < 1.29 is 19.3 Å². The SMILES string of the molecule is CCNC(=NCc1ccc(OCCO)c(OC)c1)NCC(C)Oc1cccc(C)c1.I. The largest absolute Gasteiger partial charge is 0.493 e. The normalized spacial score (nSPS) is 11.8. The molecule has 31 heavy (non-hydrogen) atoms. The average Bonchev–Trinajstić information content (AvgIpc) is 2.74. The Morgan fingerprint density at radius 2 is 1.94 bits per heavy atom. The zero-order valence-electron chi connectivity index (χ0n) is 18.7. The highest BCUT2D eigenvalue weighted by Gasteiger charge is 2.08. The number of aliphatic hydroxyl groups excluding tert-OH is 1. The second kappa shape index (κ2) is 14.7. The Morgan fingerprint density at radius 3 is 2.61 bits per heavy atom. The molecule has 0 aliphatic carbocycles. The van der Waals surface area contributed by atoms with E-state index >= 15 is 0 Å². The second-order valence-corrected chi connectivity index (χ2v) is 6.88. The summed E-state index contributed by atoms with van der Waals surface area (Å²) in [5, 5.41) is 15.5. The van der Waals surface area contributed by atoms with Crippen molar-refractivity contribution in [3.05, 3.63) is 53.6 Å². The van der Waals surface area contributed by atoms with Crippen molar-refractivity contribution in [1.29, 1.82) is 0 Å². The van der Waals surface area contributed by atoms with Gasteiger partial charge in [-0.15, -0.1) is 24.0 Å². The zero-order valence-corrected chi connectivity index (χ0v) is 21.0. The molecular weight excluding hydrogens is 509 g/mol. The van der Waals surface area contributed by atoms with Gasteiger partial charge < -0.3 is 30.0 Å². The van der Waals surface area contributed by atoms with Gasteiger partial charge in [-0.2, -0.15) is 0 Å². The molecule has 0 aliphatic rings. The van der Waals surface area contributed by atoms with Gasteiger partial charge in [-0.05, 0) is 56.2 Å². The first-order valence-corrected chi connectivity index (χ1v) is 10.2. The summed E-state index contributed by atoms with van der Waals surface area (Å²) < 4.78 is 16.8. The predicted molar refractivity (Wildman–Crippen MR) is 135 cm³/mol. The number of hydrogen-bond acceptors (Lipinski definition) is 5. The van der Waals surface area contributed by atoms with Crippen LogP contribution in [0.4, 0.5) is 0 Å². The van der Waals surface area contributed by atoms with E-state index in [1.807, 2.05) is 63.2 Å². The lowest BCUT2D eigenvalue weighted by Gasteiger charge is -2.18. The average molecular weight is 543 g/mol. The first kappa shape index (κ1) is 26.8. The number of benzene rings is 2. The lowest BCUT2D eigenvalue weighted by atomic mass is 10.2. The zero-order chi connectivity index (χ0) is 21.8. The Bertz CT molecular complexity index is 817. The van der Waals surface area contributed by atoms with Gasteiger partial charge in [0, 0.05) is 6.54 Å². The molecule has 0 radical (unpaired) electrons. The van der Waals surface area contributed by atoms with E-state index < -0.39 is 0 Å². The van der Waals surface area contributed by atoms with E-state index in [2.05, 4.69) is 15.6 Å². The maximum atomic E-state index is 8.92. The molecule has 0 fully saturated rings. The number of halogens is 1. The molecule has 0 saturated carbocycles. The van der Waals surface area contributed by atoms with Crippen LogP contribution in [0, 0.1) is 6.92 Å². The number of aryl methyl sites for hydroxylation is 1. The first-order chi connectivity index (χ1) is 14.5. The number of rotatable bonds is 11. The van der Waals surface area contributed by atoms with Gasteiger partial charge in [0.15, 0.2) is 17.5 Å². The highest BCUT2D eigenvalue weighted by molar-refractivity contribution is 14.0. The molecule has 1 unspecified atom stereocenters. The van der Waals surface area contributed by atoms with E-state index in [1.54, 1.807) is 7.11 Å². The summed E-state index contributed by atoms with van der Waals surface area (Å²) >= 11 is 0. The fourth-order valence-electron chi connectivity index (χ4n) is 2.80. The Kier molecular flexibility index (Phi) is 12.8. The fourth-order valence-corrected chi connectivity index (χ4v) is 2.80. The quantitative estimate of drug-likeness (QED) is 0.229. The summed E-state index contributed by atoms with van der Waals surface area (Å²) in [6.45, 7) is 8.15. The molecule has 0 saturated heterocycles. The molecule has 0 spiro atoms. The van der Waals surface area contributed by atoms with Crippen LogP contribution in [0.5, 0.6) is 17.2 Å². The summed E-state index contributed by atoms with van der Waals surface area (Å²) in [7, 11) is 1.59. The highest BCUT2D eigenvalue weighted by Crippen LogP contribution is 2.28. The molecule has 8 heteroatoms. The van der Waals surface area contributed by atoms with Crippen LogP contribution in [0.25, 0.3) is 0 Å². The Balaban J connectivity index is 0.00000480. The topological polar surface area (TPSA) is 84.3 Å². The van der Waals surface area contributed by atoms with E-state index in [4.69, 9.17) is 19.3 Å². The molecule has 2 aromatic rings. The molecule has 2 rings (SSSR count). The van der Waals surface area contributed by atoms with Crippen LogP contribution in [-0.2, 0) is 6.54 Å². The third kappa shape index (κ3) is 9.65. The summed E-state index contributed by atoms with van der Waals surface area (Å²) in [5.74, 6) is 2.80. The summed E-state index contributed by atoms with van der Waals surface area (Å²) in [6.07, 6.45) is -0.0151. The summed E-state index contributed by atoms with van der Waals surface area (Å²) in [5.41, 5.74) is 2.16. The van der Waals surface area contributed by atoms with Gasteiger partial charge in [-0.3, -0.25) is 0 Å². The minimum Gasteiger partial charge on any atom is -0.493 e. The first-order valence-electron chi connectivity index (χ1n) is 10.2. The number of aliphatic imine (C=N–C) groups is 1. The molecule has 2 aromatic carbocycles. The molecule has 3 N–H and O–H groups in total. The molecule has 0 bridgehead atoms. The van der Waals surface area contributed by atoms with E-state index in [1.165, 1.54) is 5.56 Å². The predicted octanol–water partition coefficient (Wildman–Crippen LogP) is 3.52. The maximum absolute atomic E-state index is 8.92. The Hall–Kier alpha value is -2.20. The lowest BCUT2D eigenvalue weighted by Crippen LogP contribution is -2.41. The molecule has 0 aromatic heterocycles. The van der Waals surface area contributed by atoms with Gasteiger partial charge in [-0.25, -0.2) is 4.99 Å². The fraction of sp³-hybridized carbons (Fsp3) is 0.435. The Labute approximate surface area is 202 Å². The third-order valence-electron chi connectivity index (χ3n) is 4.22. The number of ether oxygens (including phenoxy) is 3. The highest BCUT2D eigenvalue weighted by atomic mass is 127. The van der Waals surface area contributed by atoms with Crippen molar-refractivity contribution in [1.82, 2.24) is 10.6 Å². The molecular formula is C23H34IN3O4. The van der Waals surface area contributed by atoms with E-state index in [0.717, 1.165) is 23.8 Å². The number of hydrogen-bond donors (Lipinski definition) is 3. The van der Waals surface area contributed by atoms with Gasteiger partial charge >= 0.3 is 0 Å². The molecule has 7 nitrogen and oxygen atoms in total. The molecule has 1 atom stereocenters. The van der Waals surface area contributed by atoms with Crippen molar-refractivity contribution in [2.24, 2.45) is 4.99 Å². The molecule has 0 aliphatic heterocycles. The minimum absolute atomic E-state index is 0. The van der Waals surface area contributed by atoms with Gasteiger partial charge in [0.05, 0.1) is 26.8 Å².